The molecule has 0 saturated carbocycles. The molecule has 0 aromatic carbocycles. The van der Waals surface area contributed by atoms with Crippen LogP contribution in [0.3, 0.4) is 0 Å². The molecule has 2 aliphatic carbocycles. The quantitative estimate of drug-likeness (QED) is 0.759. The number of nitrogen functional groups attached to an aromatic ring is 1. The average molecular weight is 315 g/mol. The first-order chi connectivity index (χ1) is 10.7. The summed E-state index contributed by atoms with van der Waals surface area (Å²) in [4.78, 5) is 11.4. The van der Waals surface area contributed by atoms with Crippen molar-refractivity contribution in [1.29, 1.82) is 0 Å². The number of thiophene rings is 1. The number of nitrogens with one attached hydrogen (secondary N) is 2. The van der Waals surface area contributed by atoms with Gasteiger partial charge in [-0.1, -0.05) is 12.2 Å². The second kappa shape index (κ2) is 5.52. The van der Waals surface area contributed by atoms with Crippen LogP contribution in [0.4, 0.5) is 11.8 Å². The lowest BCUT2D eigenvalue weighted by molar-refractivity contribution is 0.545. The summed E-state index contributed by atoms with van der Waals surface area (Å²) in [6.45, 7) is 0. The van der Waals surface area contributed by atoms with Crippen LogP contribution in [0.5, 0.6) is 0 Å². The lowest BCUT2D eigenvalue weighted by atomic mass is 9.98. The van der Waals surface area contributed by atoms with Gasteiger partial charge in [-0.3, -0.25) is 0 Å². The third-order valence-electron chi connectivity index (χ3n) is 4.64. The summed E-state index contributed by atoms with van der Waals surface area (Å²) in [5.74, 6) is 1.28. The molecule has 2 aromatic heterocycles. The Morgan fingerprint density at radius 3 is 2.77 bits per heavy atom. The summed E-state index contributed by atoms with van der Waals surface area (Å²) in [7, 11) is 2.01. The molecule has 4 rings (SSSR count). The molecule has 4 N–H and O–H groups in total. The number of rotatable bonds is 3. The second-order valence-electron chi connectivity index (χ2n) is 6.08. The van der Waals surface area contributed by atoms with Gasteiger partial charge in [-0.25, -0.2) is 4.98 Å². The highest BCUT2D eigenvalue weighted by atomic mass is 32.1. The van der Waals surface area contributed by atoms with E-state index >= 15 is 0 Å². The minimum absolute atomic E-state index is 0.319. The molecule has 0 saturated heterocycles. The number of aryl methyl sites for hydroxylation is 2. The van der Waals surface area contributed by atoms with Gasteiger partial charge in [0.05, 0.1) is 5.39 Å². The number of hydrogen-bond acceptors (Lipinski definition) is 6. The van der Waals surface area contributed by atoms with Crippen molar-refractivity contribution in [2.45, 2.75) is 44.2 Å². The van der Waals surface area contributed by atoms with Gasteiger partial charge in [-0.15, -0.1) is 11.3 Å². The predicted octanol–water partition coefficient (Wildman–Crippen LogP) is 2.48. The first-order valence-corrected chi connectivity index (χ1v) is 8.76. The molecule has 22 heavy (non-hydrogen) atoms. The third kappa shape index (κ3) is 2.36. The number of nitrogens with two attached hydrogens (primary N) is 1. The molecule has 2 aromatic rings. The van der Waals surface area contributed by atoms with Gasteiger partial charge in [-0.2, -0.15) is 4.98 Å². The largest absolute Gasteiger partial charge is 0.368 e. The summed E-state index contributed by atoms with van der Waals surface area (Å²) in [6, 6.07) is 0.804. The van der Waals surface area contributed by atoms with E-state index in [2.05, 4.69) is 32.8 Å². The number of likely N-dealkylation sites (N-methyl/N-ethyl adjacent to an activating group) is 1. The fourth-order valence-electron chi connectivity index (χ4n) is 3.47. The topological polar surface area (TPSA) is 75.9 Å². The Bertz CT molecular complexity index is 736. The summed E-state index contributed by atoms with van der Waals surface area (Å²) in [5.41, 5.74) is 7.35. The molecule has 2 heterocycles. The average Bonchev–Trinajstić information content (AvgIpc) is 3.08. The lowest BCUT2D eigenvalue weighted by Gasteiger charge is -2.24. The van der Waals surface area contributed by atoms with Crippen molar-refractivity contribution in [2.24, 2.45) is 0 Å². The normalized spacial score (nSPS) is 23.9. The minimum Gasteiger partial charge on any atom is -0.368 e. The van der Waals surface area contributed by atoms with Crippen LogP contribution in [-0.4, -0.2) is 29.1 Å². The van der Waals surface area contributed by atoms with Crippen molar-refractivity contribution in [3.05, 3.63) is 22.6 Å². The molecule has 2 aliphatic rings. The van der Waals surface area contributed by atoms with E-state index in [4.69, 9.17) is 5.73 Å². The van der Waals surface area contributed by atoms with Crippen LogP contribution in [-0.2, 0) is 12.8 Å². The van der Waals surface area contributed by atoms with Crippen LogP contribution in [0.2, 0.25) is 0 Å². The smallest absolute Gasteiger partial charge is 0.223 e. The first kappa shape index (κ1) is 14.0. The molecule has 5 nitrogen and oxygen atoms in total. The molecule has 0 fully saturated rings. The summed E-state index contributed by atoms with van der Waals surface area (Å²) < 4.78 is 0. The number of fused-ring (bicyclic) bond motifs is 3. The van der Waals surface area contributed by atoms with E-state index in [0.29, 0.717) is 18.0 Å². The van der Waals surface area contributed by atoms with Gasteiger partial charge in [0, 0.05) is 17.0 Å². The molecule has 2 atom stereocenters. The standard InChI is InChI=1S/C16H21N5S/c1-18-9-5-7-10(8-6-9)19-14-13-11-3-2-4-12(11)22-15(13)21-16(17)20-14/h5,7,9-10,18H,2-4,6,8H2,1H3,(H3,17,19,20,21). The Morgan fingerprint density at radius 1 is 1.18 bits per heavy atom. The zero-order chi connectivity index (χ0) is 15.1. The van der Waals surface area contributed by atoms with E-state index in [1.807, 2.05) is 7.05 Å². The minimum atomic E-state index is 0.319. The fourth-order valence-corrected chi connectivity index (χ4v) is 4.74. The Kier molecular flexibility index (Phi) is 3.50. The maximum absolute atomic E-state index is 5.91. The first-order valence-electron chi connectivity index (χ1n) is 7.94. The van der Waals surface area contributed by atoms with Crippen LogP contribution in [0.15, 0.2) is 12.2 Å². The van der Waals surface area contributed by atoms with Gasteiger partial charge in [0.25, 0.3) is 0 Å². The van der Waals surface area contributed by atoms with E-state index in [-0.39, 0.29) is 0 Å². The molecule has 6 heteroatoms. The SMILES string of the molecule is CNC1C=CC(Nc2nc(N)nc3sc4c(c23)CCC4)CC1. The van der Waals surface area contributed by atoms with Crippen LogP contribution in [0, 0.1) is 0 Å². The van der Waals surface area contributed by atoms with E-state index in [9.17, 15) is 0 Å². The van der Waals surface area contributed by atoms with Crippen LogP contribution >= 0.6 is 11.3 Å². The highest BCUT2D eigenvalue weighted by Gasteiger charge is 2.23. The van der Waals surface area contributed by atoms with Crippen molar-refractivity contribution in [3.8, 4) is 0 Å². The molecule has 0 aliphatic heterocycles. The Balaban J connectivity index is 1.69. The molecule has 0 amide bonds. The Morgan fingerprint density at radius 2 is 2.00 bits per heavy atom. The fraction of sp³-hybridized carbons (Fsp3) is 0.500. The van der Waals surface area contributed by atoms with Crippen LogP contribution in [0.25, 0.3) is 10.2 Å². The van der Waals surface area contributed by atoms with Gasteiger partial charge in [0.1, 0.15) is 10.6 Å². The Hall–Kier alpha value is -1.66. The van der Waals surface area contributed by atoms with Gasteiger partial charge >= 0.3 is 0 Å². The van der Waals surface area contributed by atoms with E-state index in [0.717, 1.165) is 29.9 Å². The van der Waals surface area contributed by atoms with Crippen molar-refractivity contribution in [2.75, 3.05) is 18.1 Å². The van der Waals surface area contributed by atoms with Crippen molar-refractivity contribution < 1.29 is 0 Å². The summed E-state index contributed by atoms with van der Waals surface area (Å²) >= 11 is 1.78. The number of aromatic nitrogens is 2. The maximum atomic E-state index is 5.91. The molecule has 0 bridgehead atoms. The number of hydrogen-bond donors (Lipinski definition) is 3. The highest BCUT2D eigenvalue weighted by molar-refractivity contribution is 7.19. The molecular formula is C16H21N5S. The number of nitrogens with zero attached hydrogens (tertiary/aromatic N) is 2. The third-order valence-corrected chi connectivity index (χ3v) is 5.82. The van der Waals surface area contributed by atoms with Gasteiger partial charge in [0.2, 0.25) is 5.95 Å². The van der Waals surface area contributed by atoms with Gasteiger partial charge in [0.15, 0.2) is 0 Å². The predicted molar refractivity (Wildman–Crippen MR) is 92.5 cm³/mol. The number of anilines is 2. The van der Waals surface area contributed by atoms with Crippen molar-refractivity contribution in [3.63, 3.8) is 0 Å². The Labute approximate surface area is 134 Å². The molecule has 116 valence electrons. The van der Waals surface area contributed by atoms with Crippen LogP contribution < -0.4 is 16.4 Å². The molecular weight excluding hydrogens is 294 g/mol. The highest BCUT2D eigenvalue weighted by Crippen LogP contribution is 2.40. The zero-order valence-electron chi connectivity index (χ0n) is 12.7. The van der Waals surface area contributed by atoms with Crippen molar-refractivity contribution >= 4 is 33.3 Å². The van der Waals surface area contributed by atoms with Gasteiger partial charge < -0.3 is 16.4 Å². The summed E-state index contributed by atoms with van der Waals surface area (Å²) in [6.07, 6.45) is 10.3. The zero-order valence-corrected chi connectivity index (χ0v) is 13.5. The second-order valence-corrected chi connectivity index (χ2v) is 7.16. The van der Waals surface area contributed by atoms with E-state index in [1.54, 1.807) is 11.3 Å². The monoisotopic (exact) mass is 315 g/mol. The van der Waals surface area contributed by atoms with Gasteiger partial charge in [-0.05, 0) is 44.7 Å². The van der Waals surface area contributed by atoms with Crippen molar-refractivity contribution in [1.82, 2.24) is 15.3 Å². The molecule has 0 radical (unpaired) electrons. The van der Waals surface area contributed by atoms with E-state index < -0.39 is 0 Å². The lowest BCUT2D eigenvalue weighted by Crippen LogP contribution is -2.31. The van der Waals surface area contributed by atoms with E-state index in [1.165, 1.54) is 28.7 Å². The molecule has 0 spiro atoms. The maximum Gasteiger partial charge on any atom is 0.223 e. The summed E-state index contributed by atoms with van der Waals surface area (Å²) in [5, 5.41) is 8.09. The van der Waals surface area contributed by atoms with Crippen LogP contribution in [0.1, 0.15) is 29.7 Å². The molecule has 2 unspecified atom stereocenters.